The van der Waals surface area contributed by atoms with Crippen LogP contribution in [0, 0.1) is 11.3 Å². The first-order valence-electron chi connectivity index (χ1n) is 13.6. The van der Waals surface area contributed by atoms with Gasteiger partial charge in [0.15, 0.2) is 15.7 Å². The topological polar surface area (TPSA) is 118 Å². The zero-order valence-corrected chi connectivity index (χ0v) is 22.9. The van der Waals surface area contributed by atoms with Crippen molar-refractivity contribution < 1.29 is 35.9 Å². The van der Waals surface area contributed by atoms with Crippen molar-refractivity contribution in [2.45, 2.75) is 61.6 Å². The number of halogens is 3. The van der Waals surface area contributed by atoms with Gasteiger partial charge >= 0.3 is 12.4 Å². The van der Waals surface area contributed by atoms with E-state index in [0.29, 0.717) is 37.8 Å². The number of H-pyrrole nitrogens is 1. The Hall–Kier alpha value is -3.03. The molecule has 3 heterocycles. The molecule has 0 radical (unpaired) electrons. The summed E-state index contributed by atoms with van der Waals surface area (Å²) in [7, 11) is -3.86. The van der Waals surface area contributed by atoms with Gasteiger partial charge in [0.1, 0.15) is 22.2 Å². The van der Waals surface area contributed by atoms with Crippen LogP contribution in [-0.4, -0.2) is 84.8 Å². The fourth-order valence-corrected chi connectivity index (χ4v) is 6.95. The van der Waals surface area contributed by atoms with E-state index in [1.807, 2.05) is 9.80 Å². The number of piperidine rings is 1. The second-order valence-corrected chi connectivity index (χ2v) is 13.8. The first kappa shape index (κ1) is 27.2. The molecular weight excluding hydrogens is 551 g/mol. The van der Waals surface area contributed by atoms with Crippen LogP contribution in [0.1, 0.15) is 62.0 Å². The average molecular weight is 584 g/mol. The summed E-state index contributed by atoms with van der Waals surface area (Å²) >= 11 is 0. The summed E-state index contributed by atoms with van der Waals surface area (Å²) in [6.07, 6.45) is 1.73. The number of nitrogens with zero attached hydrogens (tertiary/aromatic N) is 4. The average Bonchev–Trinajstić information content (AvgIpc) is 3.57. The zero-order chi connectivity index (χ0) is 28.3. The van der Waals surface area contributed by atoms with E-state index < -0.39 is 21.9 Å². The van der Waals surface area contributed by atoms with E-state index in [-0.39, 0.29) is 34.6 Å². The molecule has 0 atom stereocenters. The Labute approximate surface area is 230 Å². The van der Waals surface area contributed by atoms with Crippen molar-refractivity contribution in [3.8, 4) is 11.5 Å². The van der Waals surface area contributed by atoms with Crippen LogP contribution in [0.15, 0.2) is 23.1 Å². The summed E-state index contributed by atoms with van der Waals surface area (Å²) in [6.45, 7) is 2.85. The van der Waals surface area contributed by atoms with Gasteiger partial charge in [-0.15, -0.1) is 13.2 Å². The van der Waals surface area contributed by atoms with Crippen molar-refractivity contribution in [2.75, 3.05) is 39.0 Å². The summed E-state index contributed by atoms with van der Waals surface area (Å²) in [6, 6.07) is 3.07. The van der Waals surface area contributed by atoms with Crippen molar-refractivity contribution in [1.29, 1.82) is 0 Å². The molecule has 1 aromatic carbocycles. The quantitative estimate of drug-likeness (QED) is 0.522. The highest BCUT2D eigenvalue weighted by Crippen LogP contribution is 2.55. The number of urea groups is 1. The largest absolute Gasteiger partial charge is 0.573 e. The molecule has 1 spiro atoms. The van der Waals surface area contributed by atoms with Crippen molar-refractivity contribution >= 4 is 15.9 Å². The standard InChI is InChI=1S/C26H32F3N5O5S/c1-40(36,37)21-10-19(39-26(27,28)29)4-5-20(21)38-13-16-6-8-33(9-7-16)24(35)34-14-25(15-34)11-18(12-25)23-30-22(31-32-23)17-2-3-17/h4-5,10,16-18H,2-3,6-9,11-15H2,1H3,(H,30,31,32). The van der Waals surface area contributed by atoms with Crippen molar-refractivity contribution in [1.82, 2.24) is 25.0 Å². The maximum Gasteiger partial charge on any atom is 0.573 e. The predicted octanol–water partition coefficient (Wildman–Crippen LogP) is 4.07. The number of aromatic amines is 1. The molecule has 4 fully saturated rings. The molecule has 14 heteroatoms. The molecule has 1 N–H and O–H groups in total. The third kappa shape index (κ3) is 5.72. The molecular formula is C26H32F3N5O5S. The number of carbonyl (C=O) groups is 1. The molecule has 2 saturated carbocycles. The van der Waals surface area contributed by atoms with Crippen LogP contribution in [0.3, 0.4) is 0 Å². The van der Waals surface area contributed by atoms with Gasteiger partial charge in [-0.1, -0.05) is 0 Å². The Morgan fingerprint density at radius 3 is 2.42 bits per heavy atom. The van der Waals surface area contributed by atoms with Crippen molar-refractivity contribution in [3.63, 3.8) is 0 Å². The van der Waals surface area contributed by atoms with Crippen molar-refractivity contribution in [3.05, 3.63) is 29.8 Å². The van der Waals surface area contributed by atoms with Crippen molar-refractivity contribution in [2.24, 2.45) is 11.3 Å². The second-order valence-electron chi connectivity index (χ2n) is 11.8. The van der Waals surface area contributed by atoms with Crippen LogP contribution in [0.25, 0.3) is 0 Å². The van der Waals surface area contributed by atoms with Crippen LogP contribution in [0.5, 0.6) is 11.5 Å². The van der Waals surface area contributed by atoms with Gasteiger partial charge < -0.3 is 19.3 Å². The van der Waals surface area contributed by atoms with E-state index in [1.165, 1.54) is 18.9 Å². The molecule has 4 aliphatic rings. The number of amides is 2. The summed E-state index contributed by atoms with van der Waals surface area (Å²) in [5, 5.41) is 7.49. The highest BCUT2D eigenvalue weighted by atomic mass is 32.2. The van der Waals surface area contributed by atoms with E-state index in [1.54, 1.807) is 0 Å². The van der Waals surface area contributed by atoms with Gasteiger partial charge in [-0.05, 0) is 56.6 Å². The summed E-state index contributed by atoms with van der Waals surface area (Å²) in [5.41, 5.74) is 0.185. The number of ether oxygens (including phenoxy) is 2. The van der Waals surface area contributed by atoms with Crippen LogP contribution in [-0.2, 0) is 9.84 Å². The fourth-order valence-electron chi connectivity index (χ4n) is 6.13. The molecule has 10 nitrogen and oxygen atoms in total. The van der Waals surface area contributed by atoms with E-state index in [0.717, 1.165) is 56.0 Å². The zero-order valence-electron chi connectivity index (χ0n) is 22.1. The number of nitrogens with one attached hydrogen (secondary N) is 1. The third-order valence-corrected chi connectivity index (χ3v) is 9.56. The van der Waals surface area contributed by atoms with Crippen LogP contribution < -0.4 is 9.47 Å². The van der Waals surface area contributed by atoms with Gasteiger partial charge in [-0.3, -0.25) is 5.10 Å². The SMILES string of the molecule is CS(=O)(=O)c1cc(OC(F)(F)F)ccc1OCC1CCN(C(=O)N2CC3(CC(c4n[nH]c(C5CC5)n4)C3)C2)CC1. The molecule has 0 bridgehead atoms. The molecule has 0 unspecified atom stereocenters. The first-order chi connectivity index (χ1) is 18.9. The summed E-state index contributed by atoms with van der Waals surface area (Å²) in [5.74, 6) is 2.29. The minimum absolute atomic E-state index is 0.0194. The van der Waals surface area contributed by atoms with E-state index in [2.05, 4.69) is 19.9 Å². The lowest BCUT2D eigenvalue weighted by Crippen LogP contribution is -2.65. The normalized spacial score (nSPS) is 21.7. The lowest BCUT2D eigenvalue weighted by molar-refractivity contribution is -0.274. The molecule has 2 aliphatic heterocycles. The van der Waals surface area contributed by atoms with E-state index in [4.69, 9.17) is 4.74 Å². The molecule has 2 aliphatic carbocycles. The first-order valence-corrected chi connectivity index (χ1v) is 15.5. The Balaban J connectivity index is 0.952. The van der Waals surface area contributed by atoms with Gasteiger partial charge in [0.05, 0.1) is 6.61 Å². The highest BCUT2D eigenvalue weighted by molar-refractivity contribution is 7.90. The molecule has 1 aromatic heterocycles. The van der Waals surface area contributed by atoms with E-state index in [9.17, 15) is 26.4 Å². The Morgan fingerprint density at radius 2 is 1.80 bits per heavy atom. The molecule has 2 aromatic rings. The molecule has 2 amide bonds. The Morgan fingerprint density at radius 1 is 1.10 bits per heavy atom. The van der Waals surface area contributed by atoms with Crippen LogP contribution >= 0.6 is 0 Å². The molecule has 2 saturated heterocycles. The number of aromatic nitrogens is 3. The van der Waals surface area contributed by atoms with Crippen LogP contribution in [0.2, 0.25) is 0 Å². The molecule has 40 heavy (non-hydrogen) atoms. The van der Waals surface area contributed by atoms with E-state index >= 15 is 0 Å². The minimum Gasteiger partial charge on any atom is -0.492 e. The Bertz CT molecular complexity index is 1370. The number of carbonyl (C=O) groups excluding carboxylic acids is 1. The monoisotopic (exact) mass is 583 g/mol. The number of hydrogen-bond acceptors (Lipinski definition) is 7. The van der Waals surface area contributed by atoms with Gasteiger partial charge in [-0.25, -0.2) is 18.2 Å². The summed E-state index contributed by atoms with van der Waals surface area (Å²) < 4.78 is 71.5. The van der Waals surface area contributed by atoms with Crippen LogP contribution in [0.4, 0.5) is 18.0 Å². The lowest BCUT2D eigenvalue weighted by atomic mass is 9.57. The maximum absolute atomic E-state index is 13.0. The number of likely N-dealkylation sites (tertiary alicyclic amines) is 2. The second kappa shape index (κ2) is 9.81. The lowest BCUT2D eigenvalue weighted by Gasteiger charge is -2.59. The minimum atomic E-state index is -4.93. The number of alkyl halides is 3. The van der Waals surface area contributed by atoms with Gasteiger partial charge in [0.25, 0.3) is 0 Å². The Kier molecular flexibility index (Phi) is 6.66. The van der Waals surface area contributed by atoms with Gasteiger partial charge in [0, 0.05) is 55.8 Å². The highest BCUT2D eigenvalue weighted by Gasteiger charge is 2.55. The number of sulfone groups is 1. The predicted molar refractivity (Wildman–Crippen MR) is 136 cm³/mol. The number of benzene rings is 1. The fraction of sp³-hybridized carbons (Fsp3) is 0.654. The number of rotatable bonds is 7. The molecule has 6 rings (SSSR count). The smallest absolute Gasteiger partial charge is 0.492 e. The third-order valence-electron chi connectivity index (χ3n) is 8.44. The maximum atomic E-state index is 13.0. The van der Waals surface area contributed by atoms with Gasteiger partial charge in [-0.2, -0.15) is 5.10 Å². The molecule has 218 valence electrons. The van der Waals surface area contributed by atoms with Gasteiger partial charge in [0.2, 0.25) is 0 Å². The summed E-state index contributed by atoms with van der Waals surface area (Å²) in [4.78, 5) is 21.1. The number of hydrogen-bond donors (Lipinski definition) is 1.